The molecule has 0 aromatic heterocycles. The summed E-state index contributed by atoms with van der Waals surface area (Å²) in [7, 11) is 0. The van der Waals surface area contributed by atoms with Crippen molar-refractivity contribution in [2.45, 2.75) is 103 Å². The van der Waals surface area contributed by atoms with Crippen molar-refractivity contribution in [1.82, 2.24) is 0 Å². The molecule has 0 spiro atoms. The van der Waals surface area contributed by atoms with Gasteiger partial charge in [0.15, 0.2) is 11.6 Å². The van der Waals surface area contributed by atoms with Crippen LogP contribution >= 0.6 is 0 Å². The van der Waals surface area contributed by atoms with Crippen LogP contribution < -0.4 is 4.74 Å². The molecule has 3 rings (SSSR count). The predicted molar refractivity (Wildman–Crippen MR) is 126 cm³/mol. The number of rotatable bonds is 10. The lowest BCUT2D eigenvalue weighted by Gasteiger charge is -2.38. The Kier molecular flexibility index (Phi) is 10.3. The molecule has 0 bridgehead atoms. The minimum absolute atomic E-state index is 0.384. The van der Waals surface area contributed by atoms with Gasteiger partial charge in [-0.2, -0.15) is 0 Å². The Morgan fingerprint density at radius 2 is 1.29 bits per heavy atom. The number of allylic oxidation sites excluding steroid dienone is 2. The van der Waals surface area contributed by atoms with Crippen molar-refractivity contribution in [3.8, 4) is 5.75 Å². The van der Waals surface area contributed by atoms with Gasteiger partial charge in [0, 0.05) is 0 Å². The lowest BCUT2D eigenvalue weighted by molar-refractivity contribution is -0.276. The van der Waals surface area contributed by atoms with Gasteiger partial charge in [-0.05, 0) is 99.2 Å². The number of unbranched alkanes of at least 4 members (excludes halogenated alkanes) is 1. The summed E-state index contributed by atoms with van der Waals surface area (Å²) in [5, 5.41) is 0. The first-order valence-corrected chi connectivity index (χ1v) is 13.1. The van der Waals surface area contributed by atoms with Gasteiger partial charge in [-0.1, -0.05) is 51.2 Å². The molecule has 34 heavy (non-hydrogen) atoms. The van der Waals surface area contributed by atoms with E-state index < -0.39 is 23.7 Å². The number of hydrogen-bond acceptors (Lipinski definition) is 1. The number of hydrogen-bond donors (Lipinski definition) is 0. The van der Waals surface area contributed by atoms with Crippen LogP contribution in [0.1, 0.15) is 96.0 Å². The van der Waals surface area contributed by atoms with E-state index in [1.807, 2.05) is 0 Å². The number of ether oxygens (including phenoxy) is 1. The molecule has 2 saturated carbocycles. The summed E-state index contributed by atoms with van der Waals surface area (Å²) in [6.45, 7) is 2.21. The molecule has 1 aromatic rings. The fourth-order valence-electron chi connectivity index (χ4n) is 5.97. The summed E-state index contributed by atoms with van der Waals surface area (Å²) >= 11 is 0. The quantitative estimate of drug-likeness (QED) is 0.236. The van der Waals surface area contributed by atoms with E-state index in [0.29, 0.717) is 17.9 Å². The van der Waals surface area contributed by atoms with E-state index in [0.717, 1.165) is 49.1 Å². The van der Waals surface area contributed by atoms with Crippen LogP contribution in [0.25, 0.3) is 0 Å². The highest BCUT2D eigenvalue weighted by Crippen LogP contribution is 2.43. The van der Waals surface area contributed by atoms with Gasteiger partial charge in [-0.15, -0.1) is 13.2 Å². The molecular formula is C28H39F5O. The summed E-state index contributed by atoms with van der Waals surface area (Å²) in [6, 6.07) is 1.93. The largest absolute Gasteiger partial charge is 0.573 e. The van der Waals surface area contributed by atoms with E-state index in [2.05, 4.69) is 23.8 Å². The van der Waals surface area contributed by atoms with Crippen LogP contribution in [0.2, 0.25) is 0 Å². The molecule has 6 heteroatoms. The molecule has 0 atom stereocenters. The van der Waals surface area contributed by atoms with Crippen molar-refractivity contribution in [3.63, 3.8) is 0 Å². The highest BCUT2D eigenvalue weighted by atomic mass is 19.4. The van der Waals surface area contributed by atoms with E-state index in [1.54, 1.807) is 0 Å². The third-order valence-electron chi connectivity index (χ3n) is 7.93. The summed E-state index contributed by atoms with van der Waals surface area (Å²) in [5.74, 6) is -0.938. The van der Waals surface area contributed by atoms with Crippen molar-refractivity contribution in [2.75, 3.05) is 0 Å². The Hall–Kier alpha value is -1.59. The molecule has 2 aliphatic carbocycles. The number of halogens is 5. The average molecular weight is 487 g/mol. The minimum atomic E-state index is -5.12. The van der Waals surface area contributed by atoms with Crippen molar-refractivity contribution in [2.24, 2.45) is 23.7 Å². The monoisotopic (exact) mass is 486 g/mol. The molecule has 192 valence electrons. The minimum Gasteiger partial charge on any atom is -0.399 e. The van der Waals surface area contributed by atoms with Crippen LogP contribution in [0.15, 0.2) is 24.3 Å². The molecule has 0 N–H and O–H groups in total. The predicted octanol–water partition coefficient (Wildman–Crippen LogP) is 9.55. The van der Waals surface area contributed by atoms with Crippen molar-refractivity contribution >= 4 is 0 Å². The molecule has 0 amide bonds. The molecule has 1 nitrogen and oxygen atoms in total. The normalized spacial score (nSPS) is 26.2. The maximum atomic E-state index is 13.9. The molecule has 0 radical (unpaired) electrons. The highest BCUT2D eigenvalue weighted by molar-refractivity contribution is 5.31. The summed E-state index contributed by atoms with van der Waals surface area (Å²) in [4.78, 5) is 0. The first kappa shape index (κ1) is 27.0. The zero-order chi connectivity index (χ0) is 24.6. The van der Waals surface area contributed by atoms with Crippen LogP contribution in [0.4, 0.5) is 22.0 Å². The lowest BCUT2D eigenvalue weighted by atomic mass is 9.68. The van der Waals surface area contributed by atoms with E-state index in [4.69, 9.17) is 0 Å². The Labute approximate surface area is 201 Å². The maximum absolute atomic E-state index is 13.9. The molecule has 1 aromatic carbocycles. The van der Waals surface area contributed by atoms with Gasteiger partial charge in [0.05, 0.1) is 0 Å². The fraction of sp³-hybridized carbons (Fsp3) is 0.714. The van der Waals surface area contributed by atoms with Gasteiger partial charge < -0.3 is 4.74 Å². The second-order valence-electron chi connectivity index (χ2n) is 10.4. The number of aryl methyl sites for hydroxylation is 1. The van der Waals surface area contributed by atoms with Crippen LogP contribution in [0, 0.1) is 35.3 Å². The van der Waals surface area contributed by atoms with Gasteiger partial charge in [0.2, 0.25) is 5.75 Å². The van der Waals surface area contributed by atoms with E-state index >= 15 is 0 Å². The van der Waals surface area contributed by atoms with Gasteiger partial charge in [-0.3, -0.25) is 0 Å². The molecule has 2 aliphatic rings. The Morgan fingerprint density at radius 3 is 1.79 bits per heavy atom. The topological polar surface area (TPSA) is 9.23 Å². The second kappa shape index (κ2) is 12.9. The van der Waals surface area contributed by atoms with E-state index in [1.165, 1.54) is 64.2 Å². The van der Waals surface area contributed by atoms with Crippen LogP contribution in [0.3, 0.4) is 0 Å². The van der Waals surface area contributed by atoms with Crippen molar-refractivity contribution < 1.29 is 26.7 Å². The maximum Gasteiger partial charge on any atom is 0.573 e. The number of benzene rings is 1. The zero-order valence-electron chi connectivity index (χ0n) is 20.3. The van der Waals surface area contributed by atoms with Gasteiger partial charge >= 0.3 is 6.36 Å². The SMILES string of the molecule is CCC/C=C/CC[C@H]1CC[C@H]([C@H]2CC[C@H](CCc3cc(F)c(OC(F)(F)F)c(F)c3)CC2)CC1. The van der Waals surface area contributed by atoms with E-state index in [9.17, 15) is 22.0 Å². The Bertz CT molecular complexity index is 748. The smallest absolute Gasteiger partial charge is 0.399 e. The molecule has 0 unspecified atom stereocenters. The first-order valence-electron chi connectivity index (χ1n) is 13.1. The standard InChI is InChI=1S/C28H39F5O/c1-2-3-4-5-6-7-20-10-14-23(15-11-20)24-16-12-21(13-17-24)8-9-22-18-25(29)27(26(30)19-22)34-28(31,32)33/h4-5,18-21,23-24H,2-3,6-17H2,1H3/b5-4+/t20-,21-,23-,24-. The van der Waals surface area contributed by atoms with Gasteiger partial charge in [0.25, 0.3) is 0 Å². The highest BCUT2D eigenvalue weighted by Gasteiger charge is 2.34. The van der Waals surface area contributed by atoms with E-state index in [-0.39, 0.29) is 0 Å². The zero-order valence-corrected chi connectivity index (χ0v) is 20.3. The summed E-state index contributed by atoms with van der Waals surface area (Å²) < 4.78 is 68.3. The average Bonchev–Trinajstić information content (AvgIpc) is 2.80. The van der Waals surface area contributed by atoms with Crippen LogP contribution in [0.5, 0.6) is 5.75 Å². The first-order chi connectivity index (χ1) is 16.2. The Balaban J connectivity index is 1.37. The van der Waals surface area contributed by atoms with Crippen LogP contribution in [-0.2, 0) is 6.42 Å². The van der Waals surface area contributed by atoms with Crippen molar-refractivity contribution in [3.05, 3.63) is 41.5 Å². The molecule has 0 heterocycles. The molecule has 0 saturated heterocycles. The molecule has 0 aliphatic heterocycles. The Morgan fingerprint density at radius 1 is 0.794 bits per heavy atom. The summed E-state index contributed by atoms with van der Waals surface area (Å²) in [5.41, 5.74) is 0.384. The third-order valence-corrected chi connectivity index (χ3v) is 7.93. The second-order valence-corrected chi connectivity index (χ2v) is 10.4. The molecular weight excluding hydrogens is 447 g/mol. The van der Waals surface area contributed by atoms with Gasteiger partial charge in [0.1, 0.15) is 0 Å². The van der Waals surface area contributed by atoms with Gasteiger partial charge in [-0.25, -0.2) is 8.78 Å². The van der Waals surface area contributed by atoms with Crippen LogP contribution in [-0.4, -0.2) is 6.36 Å². The molecule has 2 fully saturated rings. The fourth-order valence-corrected chi connectivity index (χ4v) is 5.97. The van der Waals surface area contributed by atoms with Crippen molar-refractivity contribution in [1.29, 1.82) is 0 Å². The number of alkyl halides is 3. The third kappa shape index (κ3) is 8.57. The summed E-state index contributed by atoms with van der Waals surface area (Å²) in [6.07, 6.45) is 15.9. The lowest BCUT2D eigenvalue weighted by Crippen LogP contribution is -2.26.